The molecule has 2 saturated heterocycles. The van der Waals surface area contributed by atoms with Gasteiger partial charge in [-0.2, -0.15) is 0 Å². The van der Waals surface area contributed by atoms with E-state index in [1.807, 2.05) is 0 Å². The third kappa shape index (κ3) is 3.66. The van der Waals surface area contributed by atoms with Crippen LogP contribution in [-0.2, 0) is 0 Å². The Bertz CT molecular complexity index is 151. The fraction of sp³-hybridized carbons (Fsp3) is 1.00. The van der Waals surface area contributed by atoms with E-state index >= 15 is 0 Å². The van der Waals surface area contributed by atoms with Gasteiger partial charge in [0.25, 0.3) is 0 Å². The van der Waals surface area contributed by atoms with Gasteiger partial charge in [-0.15, -0.1) is 0 Å². The van der Waals surface area contributed by atoms with Gasteiger partial charge in [0.05, 0.1) is 0 Å². The molecule has 2 fully saturated rings. The molecule has 1 N–H and O–H groups in total. The number of nitrogens with zero attached hydrogens (tertiary/aromatic N) is 1. The van der Waals surface area contributed by atoms with Crippen molar-refractivity contribution in [3.63, 3.8) is 0 Å². The van der Waals surface area contributed by atoms with Gasteiger partial charge in [-0.3, -0.25) is 0 Å². The second-order valence-corrected chi connectivity index (χ2v) is 10.8. The molecule has 14 heavy (non-hydrogen) atoms. The molecule has 0 unspecified atom stereocenters. The van der Waals surface area contributed by atoms with E-state index in [1.165, 1.54) is 39.1 Å². The van der Waals surface area contributed by atoms with Crippen LogP contribution in [0.2, 0.25) is 0 Å². The zero-order valence-electron chi connectivity index (χ0n) is 9.10. The number of hydrogen-bond acceptors (Lipinski definition) is 2. The summed E-state index contributed by atoms with van der Waals surface area (Å²) in [6, 6.07) is 0. The summed E-state index contributed by atoms with van der Waals surface area (Å²) in [7, 11) is 0. The molecule has 0 aromatic carbocycles. The monoisotopic (exact) mass is 310 g/mol. The molecule has 0 aromatic heterocycles. The standard InChI is InChI=1S/C11H23IN2/c1-2-5-12(4-1)6-3-9-14-10-7-13-8-11-14/h13H,1-11H2. The minimum absolute atomic E-state index is 0.359. The first kappa shape index (κ1) is 11.1. The van der Waals surface area contributed by atoms with Crippen LogP contribution in [0.5, 0.6) is 0 Å². The minimum atomic E-state index is -0.359. The average molecular weight is 310 g/mol. The molecule has 0 spiro atoms. The van der Waals surface area contributed by atoms with Gasteiger partial charge in [0.15, 0.2) is 0 Å². The van der Waals surface area contributed by atoms with E-state index in [0.717, 1.165) is 0 Å². The summed E-state index contributed by atoms with van der Waals surface area (Å²) < 4.78 is 4.99. The predicted molar refractivity (Wildman–Crippen MR) is 71.8 cm³/mol. The van der Waals surface area contributed by atoms with Crippen LogP contribution in [0.4, 0.5) is 0 Å². The first-order chi connectivity index (χ1) is 6.95. The van der Waals surface area contributed by atoms with E-state index in [-0.39, 0.29) is 19.8 Å². The molecule has 0 amide bonds. The Hall–Kier alpha value is 0.650. The van der Waals surface area contributed by atoms with Gasteiger partial charge < -0.3 is 0 Å². The molecule has 0 aromatic rings. The average Bonchev–Trinajstić information content (AvgIpc) is 2.72. The SMILES string of the molecule is C1CCI(CCCN2CCNCC2)C1. The Kier molecular flexibility index (Phi) is 5.00. The zero-order chi connectivity index (χ0) is 9.64. The van der Waals surface area contributed by atoms with Crippen molar-refractivity contribution in [3.05, 3.63) is 0 Å². The van der Waals surface area contributed by atoms with E-state index in [9.17, 15) is 0 Å². The molecule has 0 radical (unpaired) electrons. The maximum atomic E-state index is 3.41. The van der Waals surface area contributed by atoms with Crippen molar-refractivity contribution in [1.82, 2.24) is 10.2 Å². The van der Waals surface area contributed by atoms with E-state index in [4.69, 9.17) is 0 Å². The van der Waals surface area contributed by atoms with Crippen LogP contribution in [-0.4, -0.2) is 50.9 Å². The molecule has 0 bridgehead atoms. The topological polar surface area (TPSA) is 15.3 Å². The number of alkyl halides is 3. The number of halogens is 1. The van der Waals surface area contributed by atoms with Crippen LogP contribution in [0.25, 0.3) is 0 Å². The van der Waals surface area contributed by atoms with Gasteiger partial charge in [0, 0.05) is 0 Å². The van der Waals surface area contributed by atoms with Crippen LogP contribution in [0, 0.1) is 0 Å². The molecule has 2 aliphatic rings. The van der Waals surface area contributed by atoms with Crippen molar-refractivity contribution >= 4 is 19.8 Å². The van der Waals surface area contributed by atoms with E-state index < -0.39 is 0 Å². The first-order valence-corrected chi connectivity index (χ1v) is 10.5. The molecule has 84 valence electrons. The van der Waals surface area contributed by atoms with Crippen molar-refractivity contribution in [1.29, 1.82) is 0 Å². The summed E-state index contributed by atoms with van der Waals surface area (Å²) in [6.45, 7) is 6.38. The quantitative estimate of drug-likeness (QED) is 0.626. The molecule has 2 rings (SSSR count). The Morgan fingerprint density at radius 1 is 1.07 bits per heavy atom. The van der Waals surface area contributed by atoms with Crippen LogP contribution in [0.15, 0.2) is 0 Å². The molecular formula is C11H23IN2. The van der Waals surface area contributed by atoms with Gasteiger partial charge in [-0.1, -0.05) is 0 Å². The third-order valence-corrected chi connectivity index (χ3v) is 10.0. The zero-order valence-corrected chi connectivity index (χ0v) is 11.3. The van der Waals surface area contributed by atoms with Crippen molar-refractivity contribution in [2.75, 3.05) is 46.0 Å². The van der Waals surface area contributed by atoms with Gasteiger partial charge in [-0.05, 0) is 0 Å². The second kappa shape index (κ2) is 6.28. The third-order valence-electron chi connectivity index (χ3n) is 3.14. The fourth-order valence-electron chi connectivity index (χ4n) is 2.26. The van der Waals surface area contributed by atoms with E-state index in [1.54, 1.807) is 26.1 Å². The van der Waals surface area contributed by atoms with Gasteiger partial charge in [0.1, 0.15) is 0 Å². The van der Waals surface area contributed by atoms with Crippen molar-refractivity contribution in [2.45, 2.75) is 19.3 Å². The van der Waals surface area contributed by atoms with Crippen molar-refractivity contribution in [3.8, 4) is 0 Å². The van der Waals surface area contributed by atoms with Crippen LogP contribution >= 0.6 is 19.8 Å². The number of piperazine rings is 1. The summed E-state index contributed by atoms with van der Waals surface area (Å²) in [6.07, 6.45) is 4.64. The van der Waals surface area contributed by atoms with Gasteiger partial charge >= 0.3 is 95.3 Å². The van der Waals surface area contributed by atoms with Crippen LogP contribution in [0.3, 0.4) is 0 Å². The predicted octanol–water partition coefficient (Wildman–Crippen LogP) is 1.58. The summed E-state index contributed by atoms with van der Waals surface area (Å²) >= 11 is -0.359. The molecule has 2 aliphatic heterocycles. The molecule has 0 saturated carbocycles. The Morgan fingerprint density at radius 3 is 2.50 bits per heavy atom. The summed E-state index contributed by atoms with van der Waals surface area (Å²) in [5.41, 5.74) is 0. The maximum absolute atomic E-state index is 3.41. The Morgan fingerprint density at radius 2 is 1.79 bits per heavy atom. The molecule has 0 atom stereocenters. The summed E-state index contributed by atoms with van der Waals surface area (Å²) in [5.74, 6) is 0. The molecule has 2 nitrogen and oxygen atoms in total. The molecule has 0 aliphatic carbocycles. The van der Waals surface area contributed by atoms with Gasteiger partial charge in [-0.25, -0.2) is 0 Å². The van der Waals surface area contributed by atoms with E-state index in [0.29, 0.717) is 0 Å². The molecule has 3 heteroatoms. The Labute approximate surface area is 95.2 Å². The second-order valence-electron chi connectivity index (χ2n) is 4.29. The van der Waals surface area contributed by atoms with Crippen molar-refractivity contribution < 1.29 is 0 Å². The van der Waals surface area contributed by atoms with Crippen LogP contribution < -0.4 is 5.32 Å². The summed E-state index contributed by atoms with van der Waals surface area (Å²) in [5, 5.41) is 3.41. The Balaban J connectivity index is 1.52. The first-order valence-electron chi connectivity index (χ1n) is 5.96. The van der Waals surface area contributed by atoms with Crippen molar-refractivity contribution in [2.24, 2.45) is 0 Å². The fourth-order valence-corrected chi connectivity index (χ4v) is 8.53. The van der Waals surface area contributed by atoms with Gasteiger partial charge in [0.2, 0.25) is 0 Å². The van der Waals surface area contributed by atoms with Crippen LogP contribution in [0.1, 0.15) is 19.3 Å². The number of nitrogens with one attached hydrogen (secondary N) is 1. The summed E-state index contributed by atoms with van der Waals surface area (Å²) in [4.78, 5) is 2.64. The molecule has 2 heterocycles. The number of hydrogen-bond donors (Lipinski definition) is 1. The number of rotatable bonds is 4. The molecular weight excluding hydrogens is 287 g/mol. The normalized spacial score (nSPS) is 27.0. The van der Waals surface area contributed by atoms with E-state index in [2.05, 4.69) is 10.2 Å².